The summed E-state index contributed by atoms with van der Waals surface area (Å²) >= 11 is 0. The van der Waals surface area contributed by atoms with E-state index in [-0.39, 0.29) is 12.2 Å². The summed E-state index contributed by atoms with van der Waals surface area (Å²) in [6.07, 6.45) is 5.99. The number of allylic oxidation sites excluding steroid dienone is 2. The number of ether oxygens (including phenoxy) is 2. The van der Waals surface area contributed by atoms with Crippen molar-refractivity contribution in [2.75, 3.05) is 13.3 Å². The highest BCUT2D eigenvalue weighted by Crippen LogP contribution is 2.31. The van der Waals surface area contributed by atoms with E-state index in [1.54, 1.807) is 31.2 Å². The van der Waals surface area contributed by atoms with Crippen molar-refractivity contribution in [3.63, 3.8) is 0 Å². The molecule has 208 valence electrons. The predicted molar refractivity (Wildman–Crippen MR) is 136 cm³/mol. The summed E-state index contributed by atoms with van der Waals surface area (Å²) < 4.78 is 92.4. The van der Waals surface area contributed by atoms with Crippen LogP contribution in [0.25, 0.3) is 11.1 Å². The summed E-state index contributed by atoms with van der Waals surface area (Å²) in [6.45, 7) is 0.576. The van der Waals surface area contributed by atoms with Crippen LogP contribution in [0.15, 0.2) is 60.4 Å². The SMILES string of the molecule is CCOc1ccc(C(=O)Oc2ccc(-c3ccc(CCCCCCC=C(F)CF)cc3)c(F)c2F)c(F)c1F. The molecule has 0 spiro atoms. The minimum Gasteiger partial charge on any atom is -0.491 e. The molecule has 0 heterocycles. The Morgan fingerprint density at radius 2 is 1.46 bits per heavy atom. The topological polar surface area (TPSA) is 35.5 Å². The molecule has 0 saturated carbocycles. The van der Waals surface area contributed by atoms with Gasteiger partial charge in [0.1, 0.15) is 12.5 Å². The number of carbonyl (C=O) groups is 1. The number of aryl methyl sites for hydroxylation is 1. The second kappa shape index (κ2) is 14.4. The van der Waals surface area contributed by atoms with Gasteiger partial charge in [-0.3, -0.25) is 0 Å². The molecule has 0 amide bonds. The number of carbonyl (C=O) groups excluding carboxylic acids is 1. The molecule has 0 saturated heterocycles. The first-order valence-corrected chi connectivity index (χ1v) is 12.6. The molecule has 0 aliphatic rings. The van der Waals surface area contributed by atoms with Crippen LogP contribution in [0.3, 0.4) is 0 Å². The second-order valence-corrected chi connectivity index (χ2v) is 8.74. The van der Waals surface area contributed by atoms with E-state index in [1.807, 2.05) is 0 Å². The van der Waals surface area contributed by atoms with Crippen molar-refractivity contribution >= 4 is 5.97 Å². The first-order valence-electron chi connectivity index (χ1n) is 12.6. The largest absolute Gasteiger partial charge is 0.491 e. The van der Waals surface area contributed by atoms with Gasteiger partial charge in [-0.15, -0.1) is 0 Å². The Morgan fingerprint density at radius 1 is 0.795 bits per heavy atom. The summed E-state index contributed by atoms with van der Waals surface area (Å²) in [5.41, 5.74) is 0.538. The number of hydrogen-bond donors (Lipinski definition) is 0. The van der Waals surface area contributed by atoms with Gasteiger partial charge in [-0.1, -0.05) is 43.2 Å². The molecular formula is C30H28F6O3. The van der Waals surface area contributed by atoms with E-state index >= 15 is 0 Å². The molecule has 0 bridgehead atoms. The van der Waals surface area contributed by atoms with Gasteiger partial charge in [0.2, 0.25) is 11.6 Å². The second-order valence-electron chi connectivity index (χ2n) is 8.74. The number of esters is 1. The zero-order chi connectivity index (χ0) is 28.4. The van der Waals surface area contributed by atoms with E-state index in [0.717, 1.165) is 55.9 Å². The normalized spacial score (nSPS) is 11.5. The van der Waals surface area contributed by atoms with Crippen LogP contribution >= 0.6 is 0 Å². The molecule has 0 aliphatic heterocycles. The average molecular weight is 551 g/mol. The van der Waals surface area contributed by atoms with E-state index < -0.39 is 58.8 Å². The Kier molecular flexibility index (Phi) is 11.0. The molecule has 9 heteroatoms. The molecule has 0 unspecified atom stereocenters. The van der Waals surface area contributed by atoms with Crippen molar-refractivity contribution in [3.05, 3.63) is 94.8 Å². The molecule has 0 aliphatic carbocycles. The van der Waals surface area contributed by atoms with Gasteiger partial charge >= 0.3 is 5.97 Å². The Labute approximate surface area is 223 Å². The lowest BCUT2D eigenvalue weighted by molar-refractivity contribution is 0.0720. The Balaban J connectivity index is 1.61. The van der Waals surface area contributed by atoms with Gasteiger partial charge in [-0.05, 0) is 68.0 Å². The van der Waals surface area contributed by atoms with Crippen molar-refractivity contribution in [1.29, 1.82) is 0 Å². The molecular weight excluding hydrogens is 522 g/mol. The van der Waals surface area contributed by atoms with Crippen LogP contribution in [-0.4, -0.2) is 19.3 Å². The van der Waals surface area contributed by atoms with Crippen molar-refractivity contribution in [1.82, 2.24) is 0 Å². The smallest absolute Gasteiger partial charge is 0.346 e. The van der Waals surface area contributed by atoms with E-state index in [1.165, 1.54) is 12.1 Å². The lowest BCUT2D eigenvalue weighted by Gasteiger charge is -2.11. The summed E-state index contributed by atoms with van der Waals surface area (Å²) in [6, 6.07) is 11.1. The Morgan fingerprint density at radius 3 is 2.15 bits per heavy atom. The first kappa shape index (κ1) is 29.8. The number of hydrogen-bond acceptors (Lipinski definition) is 3. The molecule has 0 radical (unpaired) electrons. The average Bonchev–Trinajstić information content (AvgIpc) is 2.93. The Hall–Kier alpha value is -3.75. The highest BCUT2D eigenvalue weighted by molar-refractivity contribution is 5.91. The molecule has 3 nitrogen and oxygen atoms in total. The van der Waals surface area contributed by atoms with Gasteiger partial charge in [-0.25, -0.2) is 22.4 Å². The molecule has 3 aromatic rings. The highest BCUT2D eigenvalue weighted by atomic mass is 19.2. The minimum atomic E-state index is -1.52. The third-order valence-corrected chi connectivity index (χ3v) is 5.99. The fourth-order valence-corrected chi connectivity index (χ4v) is 3.94. The van der Waals surface area contributed by atoms with E-state index in [9.17, 15) is 31.1 Å². The maximum atomic E-state index is 14.8. The van der Waals surface area contributed by atoms with Gasteiger partial charge in [0, 0.05) is 5.56 Å². The number of alkyl halides is 1. The fourth-order valence-electron chi connectivity index (χ4n) is 3.94. The van der Waals surface area contributed by atoms with E-state index in [2.05, 4.69) is 0 Å². The van der Waals surface area contributed by atoms with Crippen LogP contribution < -0.4 is 9.47 Å². The number of unbranched alkanes of at least 4 members (excludes halogenated alkanes) is 4. The van der Waals surface area contributed by atoms with Crippen molar-refractivity contribution in [3.8, 4) is 22.6 Å². The van der Waals surface area contributed by atoms with Gasteiger partial charge in [0.25, 0.3) is 0 Å². The zero-order valence-electron chi connectivity index (χ0n) is 21.3. The van der Waals surface area contributed by atoms with Crippen molar-refractivity contribution in [2.45, 2.75) is 45.4 Å². The molecule has 0 N–H and O–H groups in total. The first-order chi connectivity index (χ1) is 18.8. The van der Waals surface area contributed by atoms with Gasteiger partial charge < -0.3 is 9.47 Å². The van der Waals surface area contributed by atoms with Crippen LogP contribution in [0.5, 0.6) is 11.5 Å². The summed E-state index contributed by atoms with van der Waals surface area (Å²) in [7, 11) is 0. The molecule has 0 atom stereocenters. The molecule has 3 aromatic carbocycles. The molecule has 0 fully saturated rings. The van der Waals surface area contributed by atoms with Gasteiger partial charge in [0.15, 0.2) is 23.1 Å². The highest BCUT2D eigenvalue weighted by Gasteiger charge is 2.24. The van der Waals surface area contributed by atoms with Crippen LogP contribution in [-0.2, 0) is 6.42 Å². The number of halogens is 6. The number of benzene rings is 3. The fraction of sp³-hybridized carbons (Fsp3) is 0.300. The van der Waals surface area contributed by atoms with Gasteiger partial charge in [0.05, 0.1) is 12.2 Å². The molecule has 0 aromatic heterocycles. The predicted octanol–water partition coefficient (Wildman–Crippen LogP) is 8.84. The third kappa shape index (κ3) is 7.88. The summed E-state index contributed by atoms with van der Waals surface area (Å²) in [5.74, 6) is -8.92. The maximum absolute atomic E-state index is 14.8. The van der Waals surface area contributed by atoms with Crippen molar-refractivity contribution in [2.24, 2.45) is 0 Å². The summed E-state index contributed by atoms with van der Waals surface area (Å²) in [5, 5.41) is 0. The Bertz CT molecular complexity index is 1310. The lowest BCUT2D eigenvalue weighted by Crippen LogP contribution is -2.13. The lowest BCUT2D eigenvalue weighted by atomic mass is 10.00. The molecule has 39 heavy (non-hydrogen) atoms. The van der Waals surface area contributed by atoms with Crippen molar-refractivity contribution < 1.29 is 40.6 Å². The standard InChI is InChI=1S/C30H28F6O3/c1-2-38-24-16-15-23(27(34)28(24)35)30(37)39-25-17-14-22(26(33)29(25)36)20-12-10-19(11-13-20)8-6-4-3-5-7-9-21(32)18-31/h9-17H,2-8,18H2,1H3. The minimum absolute atomic E-state index is 0.0642. The van der Waals surface area contributed by atoms with Crippen LogP contribution in [0, 0.1) is 23.3 Å². The number of rotatable bonds is 13. The van der Waals surface area contributed by atoms with E-state index in [0.29, 0.717) is 12.0 Å². The molecule has 3 rings (SSSR count). The maximum Gasteiger partial charge on any atom is 0.346 e. The monoisotopic (exact) mass is 550 g/mol. The summed E-state index contributed by atoms with van der Waals surface area (Å²) in [4.78, 5) is 12.3. The van der Waals surface area contributed by atoms with Crippen LogP contribution in [0.1, 0.15) is 54.9 Å². The van der Waals surface area contributed by atoms with E-state index in [4.69, 9.17) is 9.47 Å². The van der Waals surface area contributed by atoms with Crippen LogP contribution in [0.4, 0.5) is 26.3 Å². The zero-order valence-corrected chi connectivity index (χ0v) is 21.3. The van der Waals surface area contributed by atoms with Crippen LogP contribution in [0.2, 0.25) is 0 Å². The third-order valence-electron chi connectivity index (χ3n) is 5.99. The quantitative estimate of drug-likeness (QED) is 0.0923. The van der Waals surface area contributed by atoms with Gasteiger partial charge in [-0.2, -0.15) is 8.78 Å².